The van der Waals surface area contributed by atoms with Crippen LogP contribution in [0, 0.1) is 0 Å². The summed E-state index contributed by atoms with van der Waals surface area (Å²) in [6, 6.07) is -0.624. The summed E-state index contributed by atoms with van der Waals surface area (Å²) in [5.74, 6) is -0.0884. The van der Waals surface area contributed by atoms with Crippen LogP contribution in [0.2, 0.25) is 0 Å². The van der Waals surface area contributed by atoms with E-state index < -0.39 is 12.1 Å². The van der Waals surface area contributed by atoms with Gasteiger partial charge in [0.2, 0.25) is 5.91 Å². The molecule has 4 heteroatoms. The van der Waals surface area contributed by atoms with Crippen LogP contribution in [0.1, 0.15) is 129 Å². The van der Waals surface area contributed by atoms with E-state index in [0.717, 1.165) is 57.8 Å². The molecule has 228 valence electrons. The minimum absolute atomic E-state index is 0.0884. The molecule has 0 aromatic rings. The third kappa shape index (κ3) is 27.4. The molecule has 0 aromatic heterocycles. The summed E-state index contributed by atoms with van der Waals surface area (Å²) in [6.07, 6.45) is 44.7. The quantitative estimate of drug-likeness (QED) is 0.0699. The topological polar surface area (TPSA) is 69.6 Å². The Kier molecular flexibility index (Phi) is 29.7. The van der Waals surface area contributed by atoms with Crippen LogP contribution >= 0.6 is 0 Å². The number of hydrogen-bond donors (Lipinski definition) is 3. The van der Waals surface area contributed by atoms with Gasteiger partial charge in [0.05, 0.1) is 18.8 Å². The molecular weight excluding hydrogens is 494 g/mol. The van der Waals surface area contributed by atoms with E-state index in [9.17, 15) is 15.0 Å². The lowest BCUT2D eigenvalue weighted by molar-refractivity contribution is -0.123. The smallest absolute Gasteiger partial charge is 0.220 e. The molecule has 0 aliphatic carbocycles. The summed E-state index contributed by atoms with van der Waals surface area (Å²) in [4.78, 5) is 12.1. The Morgan fingerprint density at radius 3 is 1.60 bits per heavy atom. The van der Waals surface area contributed by atoms with Crippen molar-refractivity contribution in [1.82, 2.24) is 5.32 Å². The second-order valence-electron chi connectivity index (χ2n) is 10.5. The number of hydrogen-bond acceptors (Lipinski definition) is 3. The SMILES string of the molecule is CC/C=C\C/C=C\C/C=C\C/C=C\C/C=C\CCCCCCCCCCCC(=O)NC(CO)C(O)/C=C/CCC. The van der Waals surface area contributed by atoms with E-state index in [0.29, 0.717) is 6.42 Å². The van der Waals surface area contributed by atoms with Crippen molar-refractivity contribution in [2.75, 3.05) is 6.61 Å². The van der Waals surface area contributed by atoms with Gasteiger partial charge in [0.15, 0.2) is 0 Å². The van der Waals surface area contributed by atoms with Crippen molar-refractivity contribution in [3.8, 4) is 0 Å². The van der Waals surface area contributed by atoms with E-state index in [1.807, 2.05) is 6.08 Å². The van der Waals surface area contributed by atoms with Crippen LogP contribution in [0.5, 0.6) is 0 Å². The summed E-state index contributed by atoms with van der Waals surface area (Å²) in [5.41, 5.74) is 0. The van der Waals surface area contributed by atoms with Gasteiger partial charge in [0.25, 0.3) is 0 Å². The van der Waals surface area contributed by atoms with Crippen molar-refractivity contribution in [2.45, 2.75) is 142 Å². The second kappa shape index (κ2) is 31.4. The minimum atomic E-state index is -0.840. The highest BCUT2D eigenvalue weighted by Gasteiger charge is 2.17. The van der Waals surface area contributed by atoms with Crippen molar-refractivity contribution in [3.63, 3.8) is 0 Å². The highest BCUT2D eigenvalue weighted by molar-refractivity contribution is 5.76. The number of allylic oxidation sites excluding steroid dienone is 11. The van der Waals surface area contributed by atoms with Crippen LogP contribution in [0.3, 0.4) is 0 Å². The van der Waals surface area contributed by atoms with Gasteiger partial charge in [0, 0.05) is 6.42 Å². The van der Waals surface area contributed by atoms with E-state index in [1.54, 1.807) is 6.08 Å². The van der Waals surface area contributed by atoms with Crippen molar-refractivity contribution >= 4 is 5.91 Å². The monoisotopic (exact) mass is 555 g/mol. The molecule has 0 saturated carbocycles. The Morgan fingerprint density at radius 1 is 0.625 bits per heavy atom. The molecule has 0 aliphatic rings. The zero-order valence-corrected chi connectivity index (χ0v) is 25.8. The number of unbranched alkanes of at least 4 members (excludes halogenated alkanes) is 10. The maximum Gasteiger partial charge on any atom is 0.220 e. The number of amides is 1. The van der Waals surface area contributed by atoms with E-state index in [1.165, 1.54) is 51.4 Å². The van der Waals surface area contributed by atoms with Crippen LogP contribution < -0.4 is 5.32 Å². The predicted octanol–water partition coefficient (Wildman–Crippen LogP) is 9.22. The zero-order valence-electron chi connectivity index (χ0n) is 25.8. The van der Waals surface area contributed by atoms with Crippen molar-refractivity contribution in [2.24, 2.45) is 0 Å². The van der Waals surface area contributed by atoms with Crippen molar-refractivity contribution in [1.29, 1.82) is 0 Å². The molecule has 0 fully saturated rings. The average Bonchev–Trinajstić information content (AvgIpc) is 2.96. The van der Waals surface area contributed by atoms with Gasteiger partial charge in [0.1, 0.15) is 0 Å². The number of carbonyl (C=O) groups is 1. The van der Waals surface area contributed by atoms with E-state index in [2.05, 4.69) is 79.9 Å². The fourth-order valence-corrected chi connectivity index (χ4v) is 4.21. The Balaban J connectivity index is 3.54. The van der Waals surface area contributed by atoms with E-state index in [-0.39, 0.29) is 12.5 Å². The molecule has 40 heavy (non-hydrogen) atoms. The highest BCUT2D eigenvalue weighted by Crippen LogP contribution is 2.12. The molecule has 2 atom stereocenters. The standard InChI is InChI=1S/C36H61NO3/c1-3-5-7-8-9-10-11-12-13-14-15-16-17-18-19-20-21-22-23-24-25-26-27-28-30-32-36(40)37-34(33-38)35(39)31-29-6-4-2/h5,7,9-10,12-13,15-16,18-19,29,31,34-35,38-39H,3-4,6,8,11,14,17,20-28,30,32-33H2,1-2H3,(H,37,40)/b7-5-,10-9-,13-12-,16-15-,19-18-,31-29+. The van der Waals surface area contributed by atoms with Gasteiger partial charge < -0.3 is 15.5 Å². The normalized spacial score (nSPS) is 14.2. The summed E-state index contributed by atoms with van der Waals surface area (Å²) in [6.45, 7) is 3.97. The van der Waals surface area contributed by atoms with E-state index in [4.69, 9.17) is 0 Å². The largest absolute Gasteiger partial charge is 0.394 e. The van der Waals surface area contributed by atoms with Gasteiger partial charge in [-0.1, -0.05) is 138 Å². The maximum absolute atomic E-state index is 12.1. The molecule has 0 saturated heterocycles. The average molecular weight is 556 g/mol. The van der Waals surface area contributed by atoms with Gasteiger partial charge >= 0.3 is 0 Å². The van der Waals surface area contributed by atoms with Crippen molar-refractivity contribution in [3.05, 3.63) is 72.9 Å². The molecule has 0 bridgehead atoms. The third-order valence-corrected chi connectivity index (χ3v) is 6.68. The molecule has 0 aromatic carbocycles. The lowest BCUT2D eigenvalue weighted by atomic mass is 10.1. The first kappa shape index (κ1) is 37.8. The lowest BCUT2D eigenvalue weighted by Crippen LogP contribution is -2.45. The molecule has 2 unspecified atom stereocenters. The second-order valence-corrected chi connectivity index (χ2v) is 10.5. The Hall–Kier alpha value is -2.17. The minimum Gasteiger partial charge on any atom is -0.394 e. The molecule has 0 aliphatic heterocycles. The summed E-state index contributed by atoms with van der Waals surface area (Å²) >= 11 is 0. The first-order chi connectivity index (χ1) is 19.7. The van der Waals surface area contributed by atoms with Gasteiger partial charge in [-0.3, -0.25) is 4.79 Å². The number of aliphatic hydroxyl groups excluding tert-OH is 2. The van der Waals surface area contributed by atoms with E-state index >= 15 is 0 Å². The number of aliphatic hydroxyl groups is 2. The fraction of sp³-hybridized carbons (Fsp3) is 0.639. The number of nitrogens with one attached hydrogen (secondary N) is 1. The van der Waals surface area contributed by atoms with Crippen LogP contribution in [0.25, 0.3) is 0 Å². The molecule has 0 radical (unpaired) electrons. The first-order valence-electron chi connectivity index (χ1n) is 16.2. The number of rotatable bonds is 27. The molecule has 0 spiro atoms. The maximum atomic E-state index is 12.1. The molecule has 0 rings (SSSR count). The van der Waals surface area contributed by atoms with Gasteiger partial charge in [-0.25, -0.2) is 0 Å². The fourth-order valence-electron chi connectivity index (χ4n) is 4.21. The molecule has 3 N–H and O–H groups in total. The van der Waals surface area contributed by atoms with Gasteiger partial charge in [-0.2, -0.15) is 0 Å². The molecule has 1 amide bonds. The van der Waals surface area contributed by atoms with Crippen LogP contribution in [0.15, 0.2) is 72.9 Å². The Bertz CT molecular complexity index is 732. The first-order valence-corrected chi connectivity index (χ1v) is 16.2. The summed E-state index contributed by atoms with van der Waals surface area (Å²) < 4.78 is 0. The van der Waals surface area contributed by atoms with Gasteiger partial charge in [-0.15, -0.1) is 0 Å². The highest BCUT2D eigenvalue weighted by atomic mass is 16.3. The van der Waals surface area contributed by atoms with Crippen molar-refractivity contribution < 1.29 is 15.0 Å². The summed E-state index contributed by atoms with van der Waals surface area (Å²) in [7, 11) is 0. The van der Waals surface area contributed by atoms with Crippen LogP contribution in [-0.4, -0.2) is 34.9 Å². The summed E-state index contributed by atoms with van der Waals surface area (Å²) in [5, 5.41) is 22.3. The Morgan fingerprint density at radius 2 is 1.10 bits per heavy atom. The molecule has 4 nitrogen and oxygen atoms in total. The zero-order chi connectivity index (χ0) is 29.4. The van der Waals surface area contributed by atoms with Crippen LogP contribution in [-0.2, 0) is 4.79 Å². The van der Waals surface area contributed by atoms with Crippen LogP contribution in [0.4, 0.5) is 0 Å². The molecule has 0 heterocycles. The number of carbonyl (C=O) groups excluding carboxylic acids is 1. The Labute approximate surface area is 247 Å². The molecular formula is C36H61NO3. The predicted molar refractivity (Wildman–Crippen MR) is 174 cm³/mol. The lowest BCUT2D eigenvalue weighted by Gasteiger charge is -2.19. The third-order valence-electron chi connectivity index (χ3n) is 6.68. The van der Waals surface area contributed by atoms with Gasteiger partial charge in [-0.05, 0) is 57.8 Å².